The molecule has 0 saturated heterocycles. The van der Waals surface area contributed by atoms with Crippen molar-refractivity contribution in [2.45, 2.75) is 118 Å². The molecule has 4 aliphatic rings. The number of rotatable bonds is 7. The molecule has 0 aromatic heterocycles. The molecule has 9 unspecified atom stereocenters. The van der Waals surface area contributed by atoms with E-state index in [1.54, 1.807) is 0 Å². The first-order valence-electron chi connectivity index (χ1n) is 15.8. The van der Waals surface area contributed by atoms with E-state index in [9.17, 15) is 0 Å². The Hall–Kier alpha value is -1.18. The number of hydrogen-bond acceptors (Lipinski definition) is 2. The van der Waals surface area contributed by atoms with E-state index in [0.29, 0.717) is 10.8 Å². The second kappa shape index (κ2) is 10.2. The molecule has 1 aromatic rings. The molecule has 4 fully saturated rings. The van der Waals surface area contributed by atoms with Gasteiger partial charge in [0.25, 0.3) is 0 Å². The largest absolute Gasteiger partial charge is 0.399 e. The van der Waals surface area contributed by atoms with Crippen LogP contribution in [0.25, 0.3) is 0 Å². The summed E-state index contributed by atoms with van der Waals surface area (Å²) in [6.45, 7) is 12.9. The molecule has 2 nitrogen and oxygen atoms in total. The Bertz CT molecular complexity index is 906. The predicted molar refractivity (Wildman–Crippen MR) is 156 cm³/mol. The molecular formula is C34H56N2. The molecule has 5 rings (SSSR count). The Balaban J connectivity index is 1.24. The minimum Gasteiger partial charge on any atom is -0.399 e. The van der Waals surface area contributed by atoms with Crippen LogP contribution in [-0.4, -0.2) is 0 Å². The minimum absolute atomic E-state index is 0.578. The van der Waals surface area contributed by atoms with Crippen molar-refractivity contribution >= 4 is 11.4 Å². The third-order valence-corrected chi connectivity index (χ3v) is 12.7. The average molecular weight is 493 g/mol. The van der Waals surface area contributed by atoms with Crippen molar-refractivity contribution in [3.63, 3.8) is 0 Å². The second-order valence-electron chi connectivity index (χ2n) is 15.0. The quantitative estimate of drug-likeness (QED) is 0.373. The molecule has 9 atom stereocenters. The zero-order chi connectivity index (χ0) is 25.7. The van der Waals surface area contributed by atoms with Crippen LogP contribution in [0.2, 0.25) is 0 Å². The van der Waals surface area contributed by atoms with Crippen molar-refractivity contribution in [2.24, 2.45) is 58.2 Å². The average Bonchev–Trinajstić information content (AvgIpc) is 3.18. The van der Waals surface area contributed by atoms with E-state index < -0.39 is 0 Å². The van der Waals surface area contributed by atoms with E-state index in [0.717, 1.165) is 65.1 Å². The Kier molecular flexibility index (Phi) is 7.47. The van der Waals surface area contributed by atoms with Gasteiger partial charge in [0.2, 0.25) is 0 Å². The fourth-order valence-electron chi connectivity index (χ4n) is 10.7. The number of hydrogen-bond donors (Lipinski definition) is 2. The molecule has 2 heteroatoms. The number of fused-ring (bicyclic) bond motifs is 5. The molecule has 0 radical (unpaired) electrons. The van der Waals surface area contributed by atoms with Crippen LogP contribution in [0.5, 0.6) is 0 Å². The van der Waals surface area contributed by atoms with E-state index in [1.165, 1.54) is 82.6 Å². The number of nitrogens with two attached hydrogens (primary N) is 2. The highest BCUT2D eigenvalue weighted by molar-refractivity contribution is 5.56. The van der Waals surface area contributed by atoms with Crippen LogP contribution >= 0.6 is 0 Å². The lowest BCUT2D eigenvalue weighted by molar-refractivity contribution is -0.121. The van der Waals surface area contributed by atoms with Crippen molar-refractivity contribution in [1.29, 1.82) is 0 Å². The SMILES string of the molecule is CC(C)CCCC(C)C1CCC2C3CCC4CC(Cc5ccc(N)cc5N)CCC4(C)C3CCC12C. The van der Waals surface area contributed by atoms with Gasteiger partial charge < -0.3 is 11.5 Å². The van der Waals surface area contributed by atoms with Crippen LogP contribution in [0, 0.1) is 58.2 Å². The van der Waals surface area contributed by atoms with Gasteiger partial charge in [0.1, 0.15) is 0 Å². The molecule has 0 spiro atoms. The lowest BCUT2D eigenvalue weighted by atomic mass is 9.44. The van der Waals surface area contributed by atoms with Gasteiger partial charge in [-0.2, -0.15) is 0 Å². The summed E-state index contributed by atoms with van der Waals surface area (Å²) in [6, 6.07) is 6.16. The third-order valence-electron chi connectivity index (χ3n) is 12.7. The zero-order valence-electron chi connectivity index (χ0n) is 24.2. The molecule has 1 aromatic carbocycles. The number of nitrogen functional groups attached to an aromatic ring is 2. The first-order valence-corrected chi connectivity index (χ1v) is 15.8. The third kappa shape index (κ3) is 4.73. The van der Waals surface area contributed by atoms with Crippen molar-refractivity contribution < 1.29 is 0 Å². The van der Waals surface area contributed by atoms with Crippen molar-refractivity contribution in [2.75, 3.05) is 11.5 Å². The van der Waals surface area contributed by atoms with Gasteiger partial charge in [0, 0.05) is 11.4 Å². The van der Waals surface area contributed by atoms with E-state index in [-0.39, 0.29) is 0 Å². The summed E-state index contributed by atoms with van der Waals surface area (Å²) in [7, 11) is 0. The molecule has 4 aliphatic carbocycles. The van der Waals surface area contributed by atoms with Gasteiger partial charge >= 0.3 is 0 Å². The molecule has 0 amide bonds. The Morgan fingerprint density at radius 3 is 2.36 bits per heavy atom. The fraction of sp³-hybridized carbons (Fsp3) is 0.824. The fourth-order valence-corrected chi connectivity index (χ4v) is 10.7. The standard InChI is InChI=1S/C34H56N2/c1-22(2)7-6-8-23(3)29-13-14-30-28-12-10-26-20-24(19-25-9-11-27(35)21-32(25)36)15-17-33(26,4)31(28)16-18-34(29,30)5/h9,11,21-24,26,28-31H,6-8,10,12-20,35-36H2,1-5H3. The molecule has 202 valence electrons. The highest BCUT2D eigenvalue weighted by Gasteiger charge is 2.60. The van der Waals surface area contributed by atoms with Crippen LogP contribution in [0.15, 0.2) is 18.2 Å². The Labute approximate surface area is 222 Å². The van der Waals surface area contributed by atoms with Crippen molar-refractivity contribution in [1.82, 2.24) is 0 Å². The smallest absolute Gasteiger partial charge is 0.0367 e. The molecule has 4 N–H and O–H groups in total. The number of anilines is 2. The van der Waals surface area contributed by atoms with Gasteiger partial charge in [0.05, 0.1) is 0 Å². The topological polar surface area (TPSA) is 52.0 Å². The van der Waals surface area contributed by atoms with Crippen LogP contribution in [-0.2, 0) is 6.42 Å². The van der Waals surface area contributed by atoms with Crippen LogP contribution in [0.3, 0.4) is 0 Å². The second-order valence-corrected chi connectivity index (χ2v) is 15.0. The van der Waals surface area contributed by atoms with E-state index in [2.05, 4.69) is 40.7 Å². The van der Waals surface area contributed by atoms with E-state index in [1.807, 2.05) is 12.1 Å². The summed E-state index contributed by atoms with van der Waals surface area (Å²) in [5, 5.41) is 0. The first-order chi connectivity index (χ1) is 17.1. The van der Waals surface area contributed by atoms with Gasteiger partial charge in [-0.3, -0.25) is 0 Å². The summed E-state index contributed by atoms with van der Waals surface area (Å²) < 4.78 is 0. The van der Waals surface area contributed by atoms with Gasteiger partial charge in [-0.05, 0) is 140 Å². The van der Waals surface area contributed by atoms with Crippen molar-refractivity contribution in [3.8, 4) is 0 Å². The predicted octanol–water partition coefficient (Wildman–Crippen LogP) is 9.13. The molecule has 0 aliphatic heterocycles. The summed E-state index contributed by atoms with van der Waals surface area (Å²) in [5.74, 6) is 7.44. The highest BCUT2D eigenvalue weighted by atomic mass is 14.7. The van der Waals surface area contributed by atoms with Crippen LogP contribution < -0.4 is 11.5 Å². The van der Waals surface area contributed by atoms with Crippen LogP contribution in [0.1, 0.15) is 117 Å². The molecule has 0 bridgehead atoms. The van der Waals surface area contributed by atoms with Crippen molar-refractivity contribution in [3.05, 3.63) is 23.8 Å². The maximum absolute atomic E-state index is 6.34. The van der Waals surface area contributed by atoms with Crippen LogP contribution in [0.4, 0.5) is 11.4 Å². The maximum Gasteiger partial charge on any atom is 0.0367 e. The molecule has 4 saturated carbocycles. The maximum atomic E-state index is 6.34. The van der Waals surface area contributed by atoms with Gasteiger partial charge in [-0.25, -0.2) is 0 Å². The lowest BCUT2D eigenvalue weighted by Gasteiger charge is -2.61. The summed E-state index contributed by atoms with van der Waals surface area (Å²) in [6.07, 6.45) is 18.7. The summed E-state index contributed by atoms with van der Waals surface area (Å²) >= 11 is 0. The molecule has 36 heavy (non-hydrogen) atoms. The molecular weight excluding hydrogens is 436 g/mol. The zero-order valence-corrected chi connectivity index (χ0v) is 24.2. The lowest BCUT2D eigenvalue weighted by Crippen LogP contribution is -2.53. The monoisotopic (exact) mass is 492 g/mol. The van der Waals surface area contributed by atoms with E-state index >= 15 is 0 Å². The minimum atomic E-state index is 0.578. The molecule has 0 heterocycles. The Morgan fingerprint density at radius 2 is 1.61 bits per heavy atom. The Morgan fingerprint density at radius 1 is 0.861 bits per heavy atom. The highest BCUT2D eigenvalue weighted by Crippen LogP contribution is 2.68. The summed E-state index contributed by atoms with van der Waals surface area (Å²) in [5.41, 5.74) is 16.5. The number of benzene rings is 1. The van der Waals surface area contributed by atoms with E-state index in [4.69, 9.17) is 11.5 Å². The van der Waals surface area contributed by atoms with Gasteiger partial charge in [-0.1, -0.05) is 59.9 Å². The summed E-state index contributed by atoms with van der Waals surface area (Å²) in [4.78, 5) is 0. The van der Waals surface area contributed by atoms with Gasteiger partial charge in [0.15, 0.2) is 0 Å². The first kappa shape index (κ1) is 26.4. The van der Waals surface area contributed by atoms with Gasteiger partial charge in [-0.15, -0.1) is 0 Å². The normalized spacial score (nSPS) is 40.9.